The van der Waals surface area contributed by atoms with E-state index in [-0.39, 0.29) is 5.91 Å². The van der Waals surface area contributed by atoms with Crippen LogP contribution >= 0.6 is 0 Å². The Kier molecular flexibility index (Phi) is 5.73. The summed E-state index contributed by atoms with van der Waals surface area (Å²) >= 11 is 0. The van der Waals surface area contributed by atoms with Gasteiger partial charge in [-0.1, -0.05) is 0 Å². The van der Waals surface area contributed by atoms with Gasteiger partial charge in [0, 0.05) is 44.3 Å². The van der Waals surface area contributed by atoms with Crippen molar-refractivity contribution in [2.45, 2.75) is 20.8 Å². The molecule has 0 aliphatic rings. The van der Waals surface area contributed by atoms with Crippen molar-refractivity contribution in [3.8, 4) is 0 Å². The smallest absolute Gasteiger partial charge is 0.274 e. The third-order valence-corrected chi connectivity index (χ3v) is 3.76. The van der Waals surface area contributed by atoms with Gasteiger partial charge in [0.25, 0.3) is 5.91 Å². The van der Waals surface area contributed by atoms with Crippen molar-refractivity contribution in [3.05, 3.63) is 41.7 Å². The van der Waals surface area contributed by atoms with Crippen LogP contribution < -0.4 is 15.1 Å². The number of aromatic nitrogens is 2. The van der Waals surface area contributed by atoms with Crippen LogP contribution in [-0.2, 0) is 0 Å². The SMILES string of the molecule is CCN(CC)c1nc(C)cc(C(=O)Nc2ccc(N(C)C)cc2)n1. The summed E-state index contributed by atoms with van der Waals surface area (Å²) in [5.41, 5.74) is 2.97. The van der Waals surface area contributed by atoms with Crippen LogP contribution in [-0.4, -0.2) is 43.1 Å². The van der Waals surface area contributed by atoms with E-state index in [1.165, 1.54) is 0 Å². The second kappa shape index (κ2) is 7.77. The molecule has 0 radical (unpaired) electrons. The number of carbonyl (C=O) groups is 1. The molecule has 0 unspecified atom stereocenters. The van der Waals surface area contributed by atoms with E-state index in [1.807, 2.05) is 68.9 Å². The van der Waals surface area contributed by atoms with Crippen LogP contribution in [0.1, 0.15) is 30.0 Å². The van der Waals surface area contributed by atoms with Gasteiger partial charge >= 0.3 is 0 Å². The van der Waals surface area contributed by atoms with E-state index in [1.54, 1.807) is 6.07 Å². The van der Waals surface area contributed by atoms with Crippen molar-refractivity contribution in [1.82, 2.24) is 9.97 Å². The lowest BCUT2D eigenvalue weighted by atomic mass is 10.2. The monoisotopic (exact) mass is 327 g/mol. The lowest BCUT2D eigenvalue weighted by Gasteiger charge is -2.19. The number of carbonyl (C=O) groups excluding carboxylic acids is 1. The fourth-order valence-electron chi connectivity index (χ4n) is 2.36. The highest BCUT2D eigenvalue weighted by Crippen LogP contribution is 2.17. The van der Waals surface area contributed by atoms with Crippen LogP contribution in [0.5, 0.6) is 0 Å². The van der Waals surface area contributed by atoms with Crippen LogP contribution in [0.4, 0.5) is 17.3 Å². The first-order chi connectivity index (χ1) is 11.4. The molecular formula is C18H25N5O. The Morgan fingerprint density at radius 2 is 1.71 bits per heavy atom. The molecule has 0 spiro atoms. The molecule has 0 saturated heterocycles. The lowest BCUT2D eigenvalue weighted by Crippen LogP contribution is -2.26. The molecule has 1 N–H and O–H groups in total. The van der Waals surface area contributed by atoms with Crippen molar-refractivity contribution in [2.24, 2.45) is 0 Å². The summed E-state index contributed by atoms with van der Waals surface area (Å²) in [5, 5.41) is 2.89. The maximum Gasteiger partial charge on any atom is 0.274 e. The maximum atomic E-state index is 12.5. The van der Waals surface area contributed by atoms with Gasteiger partial charge in [-0.05, 0) is 51.1 Å². The van der Waals surface area contributed by atoms with Crippen molar-refractivity contribution >= 4 is 23.2 Å². The molecule has 0 fully saturated rings. The van der Waals surface area contributed by atoms with Gasteiger partial charge in [-0.15, -0.1) is 0 Å². The first-order valence-electron chi connectivity index (χ1n) is 8.14. The van der Waals surface area contributed by atoms with Crippen LogP contribution in [0.2, 0.25) is 0 Å². The highest BCUT2D eigenvalue weighted by molar-refractivity contribution is 6.03. The van der Waals surface area contributed by atoms with E-state index >= 15 is 0 Å². The normalized spacial score (nSPS) is 10.4. The topological polar surface area (TPSA) is 61.4 Å². The maximum absolute atomic E-state index is 12.5. The van der Waals surface area contributed by atoms with E-state index in [0.29, 0.717) is 11.6 Å². The second-order valence-corrected chi connectivity index (χ2v) is 5.76. The number of amides is 1. The number of hydrogen-bond donors (Lipinski definition) is 1. The minimum atomic E-state index is -0.230. The Bertz CT molecular complexity index is 693. The molecule has 1 aromatic heterocycles. The van der Waals surface area contributed by atoms with Crippen molar-refractivity contribution < 1.29 is 4.79 Å². The van der Waals surface area contributed by atoms with Crippen molar-refractivity contribution in [1.29, 1.82) is 0 Å². The third kappa shape index (κ3) is 4.22. The third-order valence-electron chi connectivity index (χ3n) is 3.76. The highest BCUT2D eigenvalue weighted by Gasteiger charge is 2.13. The van der Waals surface area contributed by atoms with E-state index in [0.717, 1.165) is 30.2 Å². The average Bonchev–Trinajstić information content (AvgIpc) is 2.56. The summed E-state index contributed by atoms with van der Waals surface area (Å²) in [5.74, 6) is 0.361. The first kappa shape index (κ1) is 17.7. The van der Waals surface area contributed by atoms with Crippen molar-refractivity contribution in [2.75, 3.05) is 42.3 Å². The molecule has 2 aromatic rings. The lowest BCUT2D eigenvalue weighted by molar-refractivity contribution is 0.102. The molecule has 0 aliphatic carbocycles. The largest absolute Gasteiger partial charge is 0.378 e. The molecule has 0 aliphatic heterocycles. The van der Waals surface area contributed by atoms with Gasteiger partial charge in [0.05, 0.1) is 0 Å². The van der Waals surface area contributed by atoms with Crippen LogP contribution in [0.3, 0.4) is 0 Å². The zero-order valence-electron chi connectivity index (χ0n) is 15.0. The average molecular weight is 327 g/mol. The predicted molar refractivity (Wildman–Crippen MR) is 99.1 cm³/mol. The molecule has 24 heavy (non-hydrogen) atoms. The fraction of sp³-hybridized carbons (Fsp3) is 0.389. The number of hydrogen-bond acceptors (Lipinski definition) is 5. The molecule has 6 heteroatoms. The van der Waals surface area contributed by atoms with Gasteiger partial charge in [0.1, 0.15) is 5.69 Å². The first-order valence-corrected chi connectivity index (χ1v) is 8.14. The van der Waals surface area contributed by atoms with E-state index in [9.17, 15) is 4.79 Å². The molecule has 0 bridgehead atoms. The Morgan fingerprint density at radius 1 is 1.08 bits per heavy atom. The van der Waals surface area contributed by atoms with Gasteiger partial charge in [-0.3, -0.25) is 4.79 Å². The Hall–Kier alpha value is -2.63. The highest BCUT2D eigenvalue weighted by atomic mass is 16.1. The molecule has 6 nitrogen and oxygen atoms in total. The number of aryl methyl sites for hydroxylation is 1. The van der Waals surface area contributed by atoms with E-state index in [4.69, 9.17) is 0 Å². The Balaban J connectivity index is 2.20. The Labute approximate surface area is 143 Å². The number of benzene rings is 1. The van der Waals surface area contributed by atoms with Crippen molar-refractivity contribution in [3.63, 3.8) is 0 Å². The summed E-state index contributed by atoms with van der Waals surface area (Å²) in [7, 11) is 3.96. The number of anilines is 3. The molecule has 0 atom stereocenters. The minimum Gasteiger partial charge on any atom is -0.378 e. The zero-order chi connectivity index (χ0) is 17.7. The zero-order valence-corrected chi connectivity index (χ0v) is 15.0. The summed E-state index contributed by atoms with van der Waals surface area (Å²) in [6, 6.07) is 9.39. The standard InChI is InChI=1S/C18H25N5O/c1-6-23(7-2)18-19-13(3)12-16(21-18)17(24)20-14-8-10-15(11-9-14)22(4)5/h8-12H,6-7H2,1-5H3,(H,20,24). The van der Waals surface area contributed by atoms with Crippen LogP contribution in [0.15, 0.2) is 30.3 Å². The molecular weight excluding hydrogens is 302 g/mol. The molecule has 1 amide bonds. The molecule has 0 saturated carbocycles. The molecule has 1 aromatic carbocycles. The predicted octanol–water partition coefficient (Wildman–Crippen LogP) is 2.95. The number of rotatable bonds is 6. The Morgan fingerprint density at radius 3 is 2.25 bits per heavy atom. The minimum absolute atomic E-state index is 0.230. The summed E-state index contributed by atoms with van der Waals surface area (Å²) < 4.78 is 0. The number of nitrogens with zero attached hydrogens (tertiary/aromatic N) is 4. The van der Waals surface area contributed by atoms with E-state index < -0.39 is 0 Å². The van der Waals surface area contributed by atoms with Gasteiger partial charge in [0.15, 0.2) is 0 Å². The quantitative estimate of drug-likeness (QED) is 0.884. The second-order valence-electron chi connectivity index (χ2n) is 5.76. The van der Waals surface area contributed by atoms with Gasteiger partial charge in [0.2, 0.25) is 5.95 Å². The molecule has 1 heterocycles. The van der Waals surface area contributed by atoms with Gasteiger partial charge in [-0.2, -0.15) is 0 Å². The van der Waals surface area contributed by atoms with Gasteiger partial charge in [-0.25, -0.2) is 9.97 Å². The van der Waals surface area contributed by atoms with Gasteiger partial charge < -0.3 is 15.1 Å². The summed E-state index contributed by atoms with van der Waals surface area (Å²) in [6.45, 7) is 7.56. The van der Waals surface area contributed by atoms with Crippen LogP contribution in [0, 0.1) is 6.92 Å². The summed E-state index contributed by atoms with van der Waals surface area (Å²) in [4.78, 5) is 25.4. The van der Waals surface area contributed by atoms with Crippen LogP contribution in [0.25, 0.3) is 0 Å². The summed E-state index contributed by atoms with van der Waals surface area (Å²) in [6.07, 6.45) is 0. The van der Waals surface area contributed by atoms with E-state index in [2.05, 4.69) is 15.3 Å². The molecule has 128 valence electrons. The molecule has 2 rings (SSSR count). The fourth-order valence-corrected chi connectivity index (χ4v) is 2.36. The number of nitrogens with one attached hydrogen (secondary N) is 1.